The number of allylic oxidation sites excluding steroid dienone is 2. The second kappa shape index (κ2) is 2.95. The van der Waals surface area contributed by atoms with Crippen LogP contribution in [0.15, 0.2) is 11.6 Å². The van der Waals surface area contributed by atoms with Crippen molar-refractivity contribution >= 4 is 0 Å². The Morgan fingerprint density at radius 2 is 2.00 bits per heavy atom. The van der Waals surface area contributed by atoms with Gasteiger partial charge in [0.25, 0.3) is 5.92 Å². The van der Waals surface area contributed by atoms with Crippen LogP contribution < -0.4 is 0 Å². The fourth-order valence-electron chi connectivity index (χ4n) is 0.535. The van der Waals surface area contributed by atoms with E-state index in [-0.39, 0.29) is 0 Å². The summed E-state index contributed by atoms with van der Waals surface area (Å²) in [6, 6.07) is 0. The van der Waals surface area contributed by atoms with Gasteiger partial charge in [0.15, 0.2) is 0 Å². The van der Waals surface area contributed by atoms with Crippen LogP contribution in [0.1, 0.15) is 27.2 Å². The molecule has 0 atom stereocenters. The molecule has 0 radical (unpaired) electrons. The number of hydrogen-bond donors (Lipinski definition) is 0. The third-order valence-corrected chi connectivity index (χ3v) is 1.06. The molecule has 0 saturated heterocycles. The van der Waals surface area contributed by atoms with Gasteiger partial charge in [0.05, 0.1) is 0 Å². The zero-order valence-corrected chi connectivity index (χ0v) is 6.04. The van der Waals surface area contributed by atoms with E-state index in [1.807, 2.05) is 6.92 Å². The van der Waals surface area contributed by atoms with Crippen LogP contribution in [-0.2, 0) is 0 Å². The van der Waals surface area contributed by atoms with Crippen molar-refractivity contribution in [3.63, 3.8) is 0 Å². The van der Waals surface area contributed by atoms with Gasteiger partial charge in [-0.05, 0) is 19.4 Å². The first-order valence-corrected chi connectivity index (χ1v) is 3.02. The molecule has 0 rings (SSSR count). The first-order valence-electron chi connectivity index (χ1n) is 3.02. The summed E-state index contributed by atoms with van der Waals surface area (Å²) < 4.78 is 24.2. The van der Waals surface area contributed by atoms with Crippen LogP contribution in [0, 0.1) is 0 Å². The van der Waals surface area contributed by atoms with E-state index in [2.05, 4.69) is 0 Å². The van der Waals surface area contributed by atoms with Crippen LogP contribution in [0.2, 0.25) is 0 Å². The zero-order chi connectivity index (χ0) is 7.49. The van der Waals surface area contributed by atoms with Crippen LogP contribution in [0.4, 0.5) is 8.78 Å². The summed E-state index contributed by atoms with van der Waals surface area (Å²) in [7, 11) is 0. The van der Waals surface area contributed by atoms with Gasteiger partial charge in [-0.15, -0.1) is 0 Å². The summed E-state index contributed by atoms with van der Waals surface area (Å²) in [5.41, 5.74) is 0.738. The Hall–Kier alpha value is -0.400. The summed E-state index contributed by atoms with van der Waals surface area (Å²) >= 11 is 0. The van der Waals surface area contributed by atoms with Crippen LogP contribution in [0.5, 0.6) is 0 Å². The van der Waals surface area contributed by atoms with Gasteiger partial charge in [-0.3, -0.25) is 0 Å². The maximum atomic E-state index is 12.1. The SMILES string of the molecule is CC/C(C)=C/C(C)(F)F. The van der Waals surface area contributed by atoms with Crippen LogP contribution in [-0.4, -0.2) is 5.92 Å². The van der Waals surface area contributed by atoms with Gasteiger partial charge < -0.3 is 0 Å². The molecule has 0 unspecified atom stereocenters. The smallest absolute Gasteiger partial charge is 0.202 e. The molecule has 0 aliphatic heterocycles. The lowest BCUT2D eigenvalue weighted by Gasteiger charge is -2.03. The highest BCUT2D eigenvalue weighted by molar-refractivity contribution is 5.02. The van der Waals surface area contributed by atoms with Crippen molar-refractivity contribution in [1.82, 2.24) is 0 Å². The molecule has 0 aromatic heterocycles. The van der Waals surface area contributed by atoms with Gasteiger partial charge in [-0.2, -0.15) is 0 Å². The van der Waals surface area contributed by atoms with Crippen molar-refractivity contribution in [2.75, 3.05) is 0 Å². The molecule has 0 N–H and O–H groups in total. The van der Waals surface area contributed by atoms with E-state index in [0.717, 1.165) is 18.6 Å². The Morgan fingerprint density at radius 3 is 2.11 bits per heavy atom. The molecule has 0 aliphatic carbocycles. The van der Waals surface area contributed by atoms with Crippen molar-refractivity contribution in [2.45, 2.75) is 33.1 Å². The van der Waals surface area contributed by atoms with Crippen molar-refractivity contribution in [3.05, 3.63) is 11.6 Å². The fourth-order valence-corrected chi connectivity index (χ4v) is 0.535. The molecule has 54 valence electrons. The molecule has 0 aromatic carbocycles. The third kappa shape index (κ3) is 5.47. The average molecular weight is 134 g/mol. The minimum Gasteiger partial charge on any atom is -0.202 e. The molecule has 0 fully saturated rings. The zero-order valence-electron chi connectivity index (χ0n) is 6.04. The van der Waals surface area contributed by atoms with Gasteiger partial charge in [0.1, 0.15) is 0 Å². The average Bonchev–Trinajstić information content (AvgIpc) is 1.62. The van der Waals surface area contributed by atoms with E-state index < -0.39 is 5.92 Å². The Labute approximate surface area is 54.6 Å². The molecule has 0 aliphatic rings. The molecule has 0 amide bonds. The minimum absolute atomic E-state index is 0.698. The summed E-state index contributed by atoms with van der Waals surface area (Å²) in [6.45, 7) is 4.46. The molecule has 2 heteroatoms. The molecule has 0 saturated carbocycles. The first-order chi connectivity index (χ1) is 3.95. The van der Waals surface area contributed by atoms with E-state index >= 15 is 0 Å². The van der Waals surface area contributed by atoms with Crippen molar-refractivity contribution < 1.29 is 8.78 Å². The van der Waals surface area contributed by atoms with Crippen molar-refractivity contribution in [2.24, 2.45) is 0 Å². The van der Waals surface area contributed by atoms with E-state index in [9.17, 15) is 8.78 Å². The van der Waals surface area contributed by atoms with Gasteiger partial charge >= 0.3 is 0 Å². The highest BCUT2D eigenvalue weighted by Crippen LogP contribution is 2.16. The number of hydrogen-bond acceptors (Lipinski definition) is 0. The quantitative estimate of drug-likeness (QED) is 0.509. The molecular weight excluding hydrogens is 122 g/mol. The maximum Gasteiger partial charge on any atom is 0.263 e. The molecule has 0 heterocycles. The van der Waals surface area contributed by atoms with Crippen molar-refractivity contribution in [3.8, 4) is 0 Å². The molecule has 0 aromatic rings. The van der Waals surface area contributed by atoms with Crippen LogP contribution in [0.25, 0.3) is 0 Å². The Balaban J connectivity index is 3.95. The standard InChI is InChI=1S/C7H12F2/c1-4-6(2)5-7(3,8)9/h5H,4H2,1-3H3/b6-5+. The lowest BCUT2D eigenvalue weighted by atomic mass is 10.2. The normalized spacial score (nSPS) is 14.1. The molecule has 0 spiro atoms. The maximum absolute atomic E-state index is 12.1. The second-order valence-corrected chi connectivity index (χ2v) is 2.30. The predicted octanol–water partition coefficient (Wildman–Crippen LogP) is 3.00. The number of alkyl halides is 2. The summed E-state index contributed by atoms with van der Waals surface area (Å²) in [6.07, 6.45) is 1.69. The molecule has 0 bridgehead atoms. The molecular formula is C7H12F2. The van der Waals surface area contributed by atoms with Crippen LogP contribution in [0.3, 0.4) is 0 Å². The summed E-state index contributed by atoms with van der Waals surface area (Å²) in [5.74, 6) is -2.64. The second-order valence-electron chi connectivity index (χ2n) is 2.30. The fraction of sp³-hybridized carbons (Fsp3) is 0.714. The summed E-state index contributed by atoms with van der Waals surface area (Å²) in [5, 5.41) is 0. The number of halogens is 2. The van der Waals surface area contributed by atoms with Gasteiger partial charge in [-0.25, -0.2) is 8.78 Å². The number of rotatable bonds is 2. The first kappa shape index (κ1) is 8.60. The Morgan fingerprint density at radius 1 is 1.56 bits per heavy atom. The lowest BCUT2D eigenvalue weighted by molar-refractivity contribution is 0.0764. The van der Waals surface area contributed by atoms with E-state index in [1.54, 1.807) is 6.92 Å². The van der Waals surface area contributed by atoms with Gasteiger partial charge in [-0.1, -0.05) is 12.5 Å². The van der Waals surface area contributed by atoms with E-state index in [1.165, 1.54) is 0 Å². The minimum atomic E-state index is -2.64. The summed E-state index contributed by atoms with van der Waals surface area (Å²) in [4.78, 5) is 0. The monoisotopic (exact) mass is 134 g/mol. The largest absolute Gasteiger partial charge is 0.263 e. The molecule has 0 nitrogen and oxygen atoms in total. The van der Waals surface area contributed by atoms with Gasteiger partial charge in [0, 0.05) is 6.92 Å². The Bertz CT molecular complexity index is 109. The van der Waals surface area contributed by atoms with Crippen molar-refractivity contribution in [1.29, 1.82) is 0 Å². The van der Waals surface area contributed by atoms with Crippen LogP contribution >= 0.6 is 0 Å². The van der Waals surface area contributed by atoms with E-state index in [0.29, 0.717) is 6.42 Å². The van der Waals surface area contributed by atoms with Gasteiger partial charge in [0.2, 0.25) is 0 Å². The topological polar surface area (TPSA) is 0 Å². The third-order valence-electron chi connectivity index (χ3n) is 1.06. The highest BCUT2D eigenvalue weighted by atomic mass is 19.3. The predicted molar refractivity (Wildman–Crippen MR) is 34.7 cm³/mol. The van der Waals surface area contributed by atoms with E-state index in [4.69, 9.17) is 0 Å². The Kier molecular flexibility index (Phi) is 2.82. The molecule has 9 heavy (non-hydrogen) atoms. The lowest BCUT2D eigenvalue weighted by Crippen LogP contribution is -2.04. The highest BCUT2D eigenvalue weighted by Gasteiger charge is 2.15.